The van der Waals surface area contributed by atoms with Crippen LogP contribution in [0.4, 0.5) is 0 Å². The summed E-state index contributed by atoms with van der Waals surface area (Å²) in [6.07, 6.45) is 4.63. The summed E-state index contributed by atoms with van der Waals surface area (Å²) >= 11 is 0. The zero-order valence-corrected chi connectivity index (χ0v) is 9.98. The van der Waals surface area contributed by atoms with Crippen molar-refractivity contribution in [3.63, 3.8) is 0 Å². The molecule has 0 radical (unpaired) electrons. The molecule has 1 heterocycles. The second kappa shape index (κ2) is 5.51. The Kier molecular flexibility index (Phi) is 3.79. The normalized spacial score (nSPS) is 14.5. The molecule has 17 heavy (non-hydrogen) atoms. The standard InChI is InChI=1S/C15H17NO/c1-2-5-13-6-8-14(9-7-13)12-15(17)16-10-3-4-11-16/h5-9H,1,3-4,10-12H2. The largest absolute Gasteiger partial charge is 0.342 e. The van der Waals surface area contributed by atoms with Crippen LogP contribution in [-0.4, -0.2) is 23.9 Å². The highest BCUT2D eigenvalue weighted by Crippen LogP contribution is 2.12. The Morgan fingerprint density at radius 3 is 2.53 bits per heavy atom. The van der Waals surface area contributed by atoms with Gasteiger partial charge in [-0.15, -0.1) is 5.73 Å². The molecule has 2 heteroatoms. The van der Waals surface area contributed by atoms with Crippen LogP contribution in [0.15, 0.2) is 36.6 Å². The van der Waals surface area contributed by atoms with Crippen LogP contribution in [0.2, 0.25) is 0 Å². The fourth-order valence-corrected chi connectivity index (χ4v) is 2.10. The number of nitrogens with zero attached hydrogens (tertiary/aromatic N) is 1. The first-order valence-corrected chi connectivity index (χ1v) is 6.02. The van der Waals surface area contributed by atoms with Crippen LogP contribution in [0.25, 0.3) is 6.08 Å². The van der Waals surface area contributed by atoms with Gasteiger partial charge in [-0.1, -0.05) is 30.8 Å². The number of hydrogen-bond donors (Lipinski definition) is 0. The van der Waals surface area contributed by atoms with Gasteiger partial charge in [0, 0.05) is 13.1 Å². The molecule has 2 rings (SSSR count). The van der Waals surface area contributed by atoms with E-state index in [0.717, 1.165) is 37.1 Å². The number of benzene rings is 1. The van der Waals surface area contributed by atoms with Crippen LogP contribution in [0.5, 0.6) is 0 Å². The Balaban J connectivity index is 1.98. The third-order valence-corrected chi connectivity index (χ3v) is 3.06. The number of rotatable bonds is 3. The van der Waals surface area contributed by atoms with E-state index in [9.17, 15) is 4.79 Å². The summed E-state index contributed by atoms with van der Waals surface area (Å²) in [6.45, 7) is 5.39. The molecule has 0 saturated carbocycles. The molecule has 0 aliphatic carbocycles. The average molecular weight is 227 g/mol. The summed E-state index contributed by atoms with van der Waals surface area (Å²) in [6, 6.07) is 7.98. The summed E-state index contributed by atoms with van der Waals surface area (Å²) < 4.78 is 0. The van der Waals surface area contributed by atoms with Gasteiger partial charge in [0.15, 0.2) is 0 Å². The maximum absolute atomic E-state index is 11.9. The van der Waals surface area contributed by atoms with Gasteiger partial charge in [0.1, 0.15) is 0 Å². The van der Waals surface area contributed by atoms with Crippen molar-refractivity contribution >= 4 is 12.0 Å². The number of likely N-dealkylation sites (tertiary alicyclic amines) is 1. The lowest BCUT2D eigenvalue weighted by Gasteiger charge is -2.14. The van der Waals surface area contributed by atoms with Gasteiger partial charge < -0.3 is 4.90 Å². The van der Waals surface area contributed by atoms with Gasteiger partial charge in [0.25, 0.3) is 0 Å². The molecule has 2 nitrogen and oxygen atoms in total. The van der Waals surface area contributed by atoms with Crippen molar-refractivity contribution in [2.45, 2.75) is 19.3 Å². The minimum atomic E-state index is 0.245. The molecule has 1 amide bonds. The van der Waals surface area contributed by atoms with Gasteiger partial charge in [-0.25, -0.2) is 0 Å². The molecular formula is C15H17NO. The third kappa shape index (κ3) is 3.08. The van der Waals surface area contributed by atoms with E-state index in [-0.39, 0.29) is 5.91 Å². The van der Waals surface area contributed by atoms with E-state index in [1.165, 1.54) is 0 Å². The van der Waals surface area contributed by atoms with Crippen molar-refractivity contribution in [3.05, 3.63) is 47.7 Å². The second-order valence-corrected chi connectivity index (χ2v) is 4.35. The number of hydrogen-bond acceptors (Lipinski definition) is 1. The topological polar surface area (TPSA) is 20.3 Å². The number of amides is 1. The van der Waals surface area contributed by atoms with Crippen molar-refractivity contribution in [3.8, 4) is 0 Å². The van der Waals surface area contributed by atoms with Crippen LogP contribution >= 0.6 is 0 Å². The molecule has 0 aromatic heterocycles. The highest BCUT2D eigenvalue weighted by atomic mass is 16.2. The lowest BCUT2D eigenvalue weighted by Crippen LogP contribution is -2.29. The van der Waals surface area contributed by atoms with Gasteiger partial charge >= 0.3 is 0 Å². The van der Waals surface area contributed by atoms with Gasteiger partial charge in [-0.3, -0.25) is 4.79 Å². The average Bonchev–Trinajstić information content (AvgIpc) is 2.86. The molecule has 1 aromatic rings. The molecule has 1 aromatic carbocycles. The Labute approximate surface area is 102 Å². The molecule has 0 atom stereocenters. The van der Waals surface area contributed by atoms with Crippen LogP contribution < -0.4 is 0 Å². The molecule has 1 fully saturated rings. The summed E-state index contributed by atoms with van der Waals surface area (Å²) in [4.78, 5) is 13.9. The van der Waals surface area contributed by atoms with Crippen LogP contribution in [0.1, 0.15) is 24.0 Å². The Morgan fingerprint density at radius 2 is 1.94 bits per heavy atom. The summed E-state index contributed by atoms with van der Waals surface area (Å²) in [5.41, 5.74) is 4.88. The molecule has 1 aliphatic rings. The molecule has 1 saturated heterocycles. The Hall–Kier alpha value is -1.79. The fourth-order valence-electron chi connectivity index (χ4n) is 2.10. The molecule has 0 unspecified atom stereocenters. The number of carbonyl (C=O) groups is 1. The second-order valence-electron chi connectivity index (χ2n) is 4.35. The third-order valence-electron chi connectivity index (χ3n) is 3.06. The van der Waals surface area contributed by atoms with Crippen LogP contribution in [0, 0.1) is 0 Å². The number of carbonyl (C=O) groups excluding carboxylic acids is 1. The van der Waals surface area contributed by atoms with Gasteiger partial charge in [0.05, 0.1) is 6.42 Å². The minimum absolute atomic E-state index is 0.245. The molecule has 1 aliphatic heterocycles. The van der Waals surface area contributed by atoms with Crippen molar-refractivity contribution in [1.82, 2.24) is 4.90 Å². The summed E-state index contributed by atoms with van der Waals surface area (Å²) in [5.74, 6) is 0.245. The molecule has 0 bridgehead atoms. The molecule has 0 spiro atoms. The smallest absolute Gasteiger partial charge is 0.226 e. The van der Waals surface area contributed by atoms with Gasteiger partial charge in [-0.2, -0.15) is 0 Å². The summed E-state index contributed by atoms with van der Waals surface area (Å²) in [5, 5.41) is 0. The van der Waals surface area contributed by atoms with E-state index >= 15 is 0 Å². The van der Waals surface area contributed by atoms with Crippen molar-refractivity contribution < 1.29 is 4.79 Å². The van der Waals surface area contributed by atoms with Crippen LogP contribution in [0.3, 0.4) is 0 Å². The predicted octanol–water partition coefficient (Wildman–Crippen LogP) is 2.65. The van der Waals surface area contributed by atoms with E-state index in [0.29, 0.717) is 6.42 Å². The zero-order valence-electron chi connectivity index (χ0n) is 9.98. The van der Waals surface area contributed by atoms with E-state index in [2.05, 4.69) is 12.3 Å². The fraction of sp³-hybridized carbons (Fsp3) is 0.333. The van der Waals surface area contributed by atoms with Gasteiger partial charge in [0.2, 0.25) is 5.91 Å². The predicted molar refractivity (Wildman–Crippen MR) is 69.6 cm³/mol. The molecule has 0 N–H and O–H groups in total. The minimum Gasteiger partial charge on any atom is -0.342 e. The summed E-state index contributed by atoms with van der Waals surface area (Å²) in [7, 11) is 0. The van der Waals surface area contributed by atoms with Gasteiger partial charge in [-0.05, 0) is 30.0 Å². The lowest BCUT2D eigenvalue weighted by atomic mass is 10.1. The highest BCUT2D eigenvalue weighted by molar-refractivity contribution is 5.79. The molecular weight excluding hydrogens is 210 g/mol. The monoisotopic (exact) mass is 227 g/mol. The van der Waals surface area contributed by atoms with E-state index in [1.54, 1.807) is 0 Å². The quantitative estimate of drug-likeness (QED) is 0.727. The zero-order chi connectivity index (χ0) is 12.1. The van der Waals surface area contributed by atoms with E-state index in [4.69, 9.17) is 0 Å². The van der Waals surface area contributed by atoms with Crippen molar-refractivity contribution in [2.75, 3.05) is 13.1 Å². The van der Waals surface area contributed by atoms with E-state index in [1.807, 2.05) is 35.2 Å². The first-order chi connectivity index (χ1) is 8.29. The first kappa shape index (κ1) is 11.7. The lowest BCUT2D eigenvalue weighted by molar-refractivity contribution is -0.129. The SMILES string of the molecule is C=C=Cc1ccc(CC(=O)N2CCCC2)cc1. The maximum Gasteiger partial charge on any atom is 0.226 e. The van der Waals surface area contributed by atoms with Crippen molar-refractivity contribution in [1.29, 1.82) is 0 Å². The van der Waals surface area contributed by atoms with E-state index < -0.39 is 0 Å². The molecule has 88 valence electrons. The Morgan fingerprint density at radius 1 is 1.29 bits per heavy atom. The van der Waals surface area contributed by atoms with Crippen molar-refractivity contribution in [2.24, 2.45) is 0 Å². The maximum atomic E-state index is 11.9. The van der Waals surface area contributed by atoms with Crippen LogP contribution in [-0.2, 0) is 11.2 Å². The first-order valence-electron chi connectivity index (χ1n) is 6.02. The highest BCUT2D eigenvalue weighted by Gasteiger charge is 2.17. The Bertz CT molecular complexity index is 434.